The van der Waals surface area contributed by atoms with Crippen LogP contribution in [0.5, 0.6) is 0 Å². The van der Waals surface area contributed by atoms with Gasteiger partial charge in [-0.2, -0.15) is 0 Å². The first kappa shape index (κ1) is 28.7. The van der Waals surface area contributed by atoms with Gasteiger partial charge in [0.2, 0.25) is 5.91 Å². The molecule has 0 spiro atoms. The van der Waals surface area contributed by atoms with Crippen LogP contribution in [0.4, 0.5) is 4.79 Å². The lowest BCUT2D eigenvalue weighted by Gasteiger charge is -2.29. The number of carbonyl (C=O) groups is 4. The van der Waals surface area contributed by atoms with Crippen molar-refractivity contribution in [3.63, 3.8) is 0 Å². The van der Waals surface area contributed by atoms with Gasteiger partial charge in [-0.15, -0.1) is 11.3 Å². The first-order valence-electron chi connectivity index (χ1n) is 12.2. The lowest BCUT2D eigenvalue weighted by atomic mass is 10.1. The summed E-state index contributed by atoms with van der Waals surface area (Å²) in [5, 5.41) is 2.73. The quantitative estimate of drug-likeness (QED) is 0.443. The Morgan fingerprint density at radius 2 is 1.95 bits per heavy atom. The summed E-state index contributed by atoms with van der Waals surface area (Å²) in [6.45, 7) is 0.268. The molecule has 3 heterocycles. The molecule has 1 aromatic rings. The lowest BCUT2D eigenvalue weighted by molar-refractivity contribution is -0.146. The molecular weight excluding hydrogens is 579 g/mol. The maximum atomic E-state index is 13.4. The van der Waals surface area contributed by atoms with E-state index in [2.05, 4.69) is 5.32 Å². The average Bonchev–Trinajstić information content (AvgIpc) is 3.14. The number of allylic oxidation sites excluding steroid dienone is 1. The van der Waals surface area contributed by atoms with E-state index < -0.39 is 57.4 Å². The van der Waals surface area contributed by atoms with Crippen LogP contribution >= 0.6 is 34.5 Å². The zero-order chi connectivity index (χ0) is 27.7. The summed E-state index contributed by atoms with van der Waals surface area (Å²) in [6, 6.07) is 0.233. The average molecular weight is 608 g/mol. The number of nitrogens with two attached hydrogens (primary N) is 1. The van der Waals surface area contributed by atoms with E-state index in [1.807, 2.05) is 10.8 Å². The zero-order valence-corrected chi connectivity index (χ0v) is 23.4. The fraction of sp³-hybridized carbons (Fsp3) is 0.565. The third-order valence-electron chi connectivity index (χ3n) is 6.99. The number of carbonyl (C=O) groups excluding carboxylic acids is 4. The van der Waals surface area contributed by atoms with Crippen molar-refractivity contribution in [3.05, 3.63) is 26.9 Å². The summed E-state index contributed by atoms with van der Waals surface area (Å²) in [5.74, 6) is -2.46. The van der Waals surface area contributed by atoms with Crippen LogP contribution in [-0.2, 0) is 29.1 Å². The Balaban J connectivity index is 1.59. The van der Waals surface area contributed by atoms with Gasteiger partial charge in [-0.1, -0.05) is 41.8 Å². The largest absolute Gasteiger partial charge is 0.436 e. The van der Waals surface area contributed by atoms with Gasteiger partial charge in [0.15, 0.2) is 6.10 Å². The molecule has 3 aliphatic rings. The lowest BCUT2D eigenvalue weighted by Crippen LogP contribution is -2.57. The standard InChI is InChI=1S/C23H28Cl2N4O7S2/c24-17-11-16(18(25)37-17)38(34,35)28-21(32)23-12-13(23)7-4-2-1-3-5-9-15(36-22(26)33)20(31)29-10-6-8-14(29)19(30)27-23/h4,7,11,13-15H,1-3,5-6,8-10,12H2,(H2,26,33)(H,27,30)(H,28,32)/b7-4+. The van der Waals surface area contributed by atoms with E-state index in [4.69, 9.17) is 33.7 Å². The van der Waals surface area contributed by atoms with Crippen LogP contribution in [0.25, 0.3) is 0 Å². The Morgan fingerprint density at radius 1 is 1.18 bits per heavy atom. The highest BCUT2D eigenvalue weighted by Crippen LogP contribution is 2.46. The van der Waals surface area contributed by atoms with E-state index in [1.165, 1.54) is 4.90 Å². The molecule has 38 heavy (non-hydrogen) atoms. The van der Waals surface area contributed by atoms with Crippen LogP contribution in [0.15, 0.2) is 23.1 Å². The van der Waals surface area contributed by atoms with E-state index in [9.17, 15) is 27.6 Å². The Labute approximate surface area is 234 Å². The summed E-state index contributed by atoms with van der Waals surface area (Å²) < 4.78 is 33.0. The molecular formula is C23H28Cl2N4O7S2. The molecule has 1 saturated carbocycles. The number of ether oxygens (including phenoxy) is 1. The molecule has 4 N–H and O–H groups in total. The minimum absolute atomic E-state index is 0.0982. The van der Waals surface area contributed by atoms with Gasteiger partial charge in [0.25, 0.3) is 21.8 Å². The Bertz CT molecular complexity index is 1270. The predicted molar refractivity (Wildman–Crippen MR) is 140 cm³/mol. The highest BCUT2D eigenvalue weighted by molar-refractivity contribution is 7.90. The van der Waals surface area contributed by atoms with Gasteiger partial charge in [-0.05, 0) is 51.0 Å². The summed E-state index contributed by atoms with van der Waals surface area (Å²) in [7, 11) is -4.36. The monoisotopic (exact) mass is 606 g/mol. The van der Waals surface area contributed by atoms with E-state index >= 15 is 0 Å². The Hall–Kier alpha value is -2.35. The Kier molecular flexibility index (Phi) is 8.60. The molecule has 15 heteroatoms. The number of primary amides is 1. The van der Waals surface area contributed by atoms with Crippen LogP contribution in [0, 0.1) is 5.92 Å². The molecule has 1 aliphatic carbocycles. The highest BCUT2D eigenvalue weighted by Gasteiger charge is 2.61. The molecule has 4 unspecified atom stereocenters. The van der Waals surface area contributed by atoms with Gasteiger partial charge < -0.3 is 20.7 Å². The van der Waals surface area contributed by atoms with Crippen LogP contribution < -0.4 is 15.8 Å². The van der Waals surface area contributed by atoms with Crippen molar-refractivity contribution in [1.82, 2.24) is 14.9 Å². The normalized spacial score (nSPS) is 29.2. The van der Waals surface area contributed by atoms with Crippen LogP contribution in [-0.4, -0.2) is 61.4 Å². The fourth-order valence-electron chi connectivity index (χ4n) is 4.95. The first-order valence-corrected chi connectivity index (χ1v) is 15.3. The van der Waals surface area contributed by atoms with E-state index in [0.717, 1.165) is 30.2 Å². The van der Waals surface area contributed by atoms with Crippen molar-refractivity contribution in [1.29, 1.82) is 0 Å². The second kappa shape index (κ2) is 11.4. The summed E-state index contributed by atoms with van der Waals surface area (Å²) in [4.78, 5) is 52.5. The smallest absolute Gasteiger partial charge is 0.405 e. The summed E-state index contributed by atoms with van der Waals surface area (Å²) >= 11 is 12.7. The minimum atomic E-state index is -4.36. The molecule has 0 radical (unpaired) electrons. The molecule has 11 nitrogen and oxygen atoms in total. The number of hydrogen-bond donors (Lipinski definition) is 3. The van der Waals surface area contributed by atoms with Gasteiger partial charge in [0, 0.05) is 12.5 Å². The number of nitrogens with zero attached hydrogens (tertiary/aromatic N) is 1. The molecule has 4 amide bonds. The maximum Gasteiger partial charge on any atom is 0.405 e. The number of sulfonamides is 1. The number of hydrogen-bond acceptors (Lipinski definition) is 8. The number of halogens is 2. The fourth-order valence-corrected chi connectivity index (χ4v) is 8.14. The number of rotatable bonds is 4. The highest BCUT2D eigenvalue weighted by atomic mass is 35.5. The summed E-state index contributed by atoms with van der Waals surface area (Å²) in [5.41, 5.74) is 3.66. The Morgan fingerprint density at radius 3 is 2.63 bits per heavy atom. The van der Waals surface area contributed by atoms with Crippen LogP contribution in [0.2, 0.25) is 8.67 Å². The van der Waals surface area contributed by atoms with E-state index in [-0.39, 0.29) is 33.0 Å². The SMILES string of the molecule is NC(=O)OC1CCCCC/C=C/C2CC2(C(=O)NS(=O)(=O)c2cc(Cl)sc2Cl)NC(=O)C2CCCN2C1=O. The second-order valence-corrected chi connectivity index (χ2v) is 13.5. The van der Waals surface area contributed by atoms with Crippen molar-refractivity contribution in [3.8, 4) is 0 Å². The third-order valence-corrected chi connectivity index (χ3v) is 10.1. The predicted octanol–water partition coefficient (Wildman–Crippen LogP) is 2.71. The number of amides is 4. The van der Waals surface area contributed by atoms with Gasteiger partial charge in [-0.25, -0.2) is 17.9 Å². The minimum Gasteiger partial charge on any atom is -0.436 e. The number of thiophene rings is 1. The number of nitrogens with one attached hydrogen (secondary N) is 2. The topological polar surface area (TPSA) is 165 Å². The molecule has 1 saturated heterocycles. The molecule has 0 bridgehead atoms. The molecule has 4 rings (SSSR count). The number of fused-ring (bicyclic) bond motifs is 2. The zero-order valence-electron chi connectivity index (χ0n) is 20.3. The molecule has 1 aromatic heterocycles. The van der Waals surface area contributed by atoms with E-state index in [0.29, 0.717) is 25.7 Å². The van der Waals surface area contributed by atoms with Gasteiger partial charge in [-0.3, -0.25) is 14.4 Å². The molecule has 2 fully saturated rings. The van der Waals surface area contributed by atoms with Crippen LogP contribution in [0.1, 0.15) is 51.4 Å². The van der Waals surface area contributed by atoms with Crippen molar-refractivity contribution in [2.24, 2.45) is 11.7 Å². The van der Waals surface area contributed by atoms with Gasteiger partial charge in [0.1, 0.15) is 20.8 Å². The molecule has 2 aliphatic heterocycles. The van der Waals surface area contributed by atoms with Gasteiger partial charge in [0.05, 0.1) is 4.34 Å². The van der Waals surface area contributed by atoms with Crippen LogP contribution in [0.3, 0.4) is 0 Å². The molecule has 4 atom stereocenters. The maximum absolute atomic E-state index is 13.4. The first-order chi connectivity index (χ1) is 17.9. The molecule has 208 valence electrons. The van der Waals surface area contributed by atoms with Crippen molar-refractivity contribution in [2.75, 3.05) is 6.54 Å². The molecule has 0 aromatic carbocycles. The van der Waals surface area contributed by atoms with Gasteiger partial charge >= 0.3 is 6.09 Å². The van der Waals surface area contributed by atoms with Crippen molar-refractivity contribution < 1.29 is 32.3 Å². The second-order valence-electron chi connectivity index (χ2n) is 9.58. The van der Waals surface area contributed by atoms with Crippen molar-refractivity contribution in [2.45, 2.75) is 73.9 Å². The van der Waals surface area contributed by atoms with E-state index in [1.54, 1.807) is 6.08 Å². The van der Waals surface area contributed by atoms with Crippen molar-refractivity contribution >= 4 is 68.4 Å². The summed E-state index contributed by atoms with van der Waals surface area (Å²) in [6.07, 6.45) is 5.66. The third kappa shape index (κ3) is 6.11.